The lowest BCUT2D eigenvalue weighted by molar-refractivity contribution is -0.122. The minimum atomic E-state index is 0.131. The highest BCUT2D eigenvalue weighted by molar-refractivity contribution is 7.22. The second-order valence-corrected chi connectivity index (χ2v) is 7.90. The van der Waals surface area contributed by atoms with Gasteiger partial charge in [0.25, 0.3) is 0 Å². The van der Waals surface area contributed by atoms with Crippen LogP contribution in [0.4, 0.5) is 5.13 Å². The normalized spacial score (nSPS) is 21.1. The molecule has 5 nitrogen and oxygen atoms in total. The maximum Gasteiger partial charge on any atom is 0.231 e. The zero-order valence-electron chi connectivity index (χ0n) is 14.6. The molecule has 0 N–H and O–H groups in total. The Hall–Kier alpha value is -1.66. The topological polar surface area (TPSA) is 51.7 Å². The summed E-state index contributed by atoms with van der Waals surface area (Å²) >= 11 is 1.58. The summed E-state index contributed by atoms with van der Waals surface area (Å²) in [5.74, 6) is 1.15. The van der Waals surface area contributed by atoms with Gasteiger partial charge in [-0.3, -0.25) is 9.69 Å². The molecule has 1 saturated carbocycles. The molecule has 1 atom stereocenters. The van der Waals surface area contributed by atoms with Crippen molar-refractivity contribution in [3.63, 3.8) is 0 Å². The molecule has 0 radical (unpaired) electrons. The second kappa shape index (κ2) is 7.30. The van der Waals surface area contributed by atoms with Gasteiger partial charge in [-0.1, -0.05) is 24.2 Å². The molecule has 1 aliphatic heterocycles. The molecule has 2 aromatic rings. The number of aromatic nitrogens is 1. The molecule has 1 aliphatic carbocycles. The van der Waals surface area contributed by atoms with Crippen molar-refractivity contribution < 1.29 is 14.3 Å². The molecule has 134 valence electrons. The van der Waals surface area contributed by atoms with E-state index in [1.54, 1.807) is 18.4 Å². The predicted molar refractivity (Wildman–Crippen MR) is 99.5 cm³/mol. The molecular formula is C19H24N2O3S. The fourth-order valence-corrected chi connectivity index (χ4v) is 4.75. The number of ether oxygens (including phenoxy) is 2. The highest BCUT2D eigenvalue weighted by atomic mass is 32.1. The van der Waals surface area contributed by atoms with Crippen molar-refractivity contribution in [2.75, 3.05) is 25.2 Å². The van der Waals surface area contributed by atoms with Crippen LogP contribution in [-0.2, 0) is 9.53 Å². The van der Waals surface area contributed by atoms with Gasteiger partial charge < -0.3 is 9.47 Å². The van der Waals surface area contributed by atoms with Crippen LogP contribution in [0.25, 0.3) is 10.2 Å². The Kier molecular flexibility index (Phi) is 4.90. The van der Waals surface area contributed by atoms with E-state index in [1.165, 1.54) is 0 Å². The third kappa shape index (κ3) is 3.51. The number of hydrogen-bond acceptors (Lipinski definition) is 5. The van der Waals surface area contributed by atoms with Crippen molar-refractivity contribution in [3.05, 3.63) is 18.2 Å². The second-order valence-electron chi connectivity index (χ2n) is 6.90. The maximum absolute atomic E-state index is 13.1. The van der Waals surface area contributed by atoms with Crippen LogP contribution >= 0.6 is 11.3 Å². The number of anilines is 1. The van der Waals surface area contributed by atoms with Gasteiger partial charge in [-0.05, 0) is 37.8 Å². The average molecular weight is 360 g/mol. The van der Waals surface area contributed by atoms with Crippen LogP contribution in [0.1, 0.15) is 38.5 Å². The van der Waals surface area contributed by atoms with Gasteiger partial charge in [0.1, 0.15) is 5.75 Å². The number of methoxy groups -OCH3 is 1. The molecule has 1 saturated heterocycles. The molecule has 1 aromatic heterocycles. The van der Waals surface area contributed by atoms with Crippen LogP contribution in [0.5, 0.6) is 5.75 Å². The molecular weight excluding hydrogens is 336 g/mol. The van der Waals surface area contributed by atoms with E-state index in [0.29, 0.717) is 6.54 Å². The number of amides is 1. The SMILES string of the molecule is COc1ccc2sc(N(C[C@H]3CCCO3)C(=O)C3CCCC3)nc2c1. The lowest BCUT2D eigenvalue weighted by Crippen LogP contribution is -2.40. The summed E-state index contributed by atoms with van der Waals surface area (Å²) in [6.07, 6.45) is 6.54. The van der Waals surface area contributed by atoms with E-state index in [9.17, 15) is 4.79 Å². The number of benzene rings is 1. The van der Waals surface area contributed by atoms with Crippen LogP contribution in [0.15, 0.2) is 18.2 Å². The summed E-state index contributed by atoms with van der Waals surface area (Å²) in [7, 11) is 1.65. The molecule has 4 rings (SSSR count). The first-order valence-corrected chi connectivity index (χ1v) is 9.94. The standard InChI is InChI=1S/C19H24N2O3S/c1-23-14-8-9-17-16(11-14)20-19(25-17)21(12-15-7-4-10-24-15)18(22)13-5-2-3-6-13/h8-9,11,13,15H,2-7,10,12H2,1H3/t15-/m1/s1. The molecule has 1 aromatic carbocycles. The van der Waals surface area contributed by atoms with Gasteiger partial charge >= 0.3 is 0 Å². The minimum absolute atomic E-state index is 0.131. The lowest BCUT2D eigenvalue weighted by Gasteiger charge is -2.25. The van der Waals surface area contributed by atoms with Gasteiger partial charge in [-0.2, -0.15) is 0 Å². The maximum atomic E-state index is 13.1. The third-order valence-electron chi connectivity index (χ3n) is 5.19. The minimum Gasteiger partial charge on any atom is -0.497 e. The average Bonchev–Trinajstić information content (AvgIpc) is 3.39. The monoisotopic (exact) mass is 360 g/mol. The van der Waals surface area contributed by atoms with Gasteiger partial charge in [0, 0.05) is 18.6 Å². The Balaban J connectivity index is 1.64. The van der Waals surface area contributed by atoms with Crippen molar-refractivity contribution in [2.24, 2.45) is 5.92 Å². The van der Waals surface area contributed by atoms with Gasteiger partial charge in [0.15, 0.2) is 5.13 Å². The first-order valence-electron chi connectivity index (χ1n) is 9.12. The van der Waals surface area contributed by atoms with E-state index >= 15 is 0 Å². The van der Waals surface area contributed by atoms with Crippen molar-refractivity contribution in [1.29, 1.82) is 0 Å². The summed E-state index contributed by atoms with van der Waals surface area (Å²) in [4.78, 5) is 19.8. The highest BCUT2D eigenvalue weighted by Gasteiger charge is 2.32. The fraction of sp³-hybridized carbons (Fsp3) is 0.579. The van der Waals surface area contributed by atoms with Gasteiger partial charge in [-0.15, -0.1) is 0 Å². The van der Waals surface area contributed by atoms with E-state index in [4.69, 9.17) is 14.5 Å². The van der Waals surface area contributed by atoms with E-state index in [2.05, 4.69) is 0 Å². The molecule has 6 heteroatoms. The molecule has 0 unspecified atom stereocenters. The van der Waals surface area contributed by atoms with Gasteiger partial charge in [0.2, 0.25) is 5.91 Å². The molecule has 25 heavy (non-hydrogen) atoms. The Labute approximate surface area is 151 Å². The lowest BCUT2D eigenvalue weighted by atomic mass is 10.1. The van der Waals surface area contributed by atoms with E-state index in [-0.39, 0.29) is 17.9 Å². The first-order chi connectivity index (χ1) is 12.2. The van der Waals surface area contributed by atoms with Crippen molar-refractivity contribution in [3.8, 4) is 5.75 Å². The molecule has 0 spiro atoms. The van der Waals surface area contributed by atoms with Crippen LogP contribution in [0.3, 0.4) is 0 Å². The van der Waals surface area contributed by atoms with Crippen LogP contribution in [0.2, 0.25) is 0 Å². The van der Waals surface area contributed by atoms with Crippen LogP contribution in [0, 0.1) is 5.92 Å². The van der Waals surface area contributed by atoms with Gasteiger partial charge in [-0.25, -0.2) is 4.98 Å². The Morgan fingerprint density at radius 1 is 1.32 bits per heavy atom. The number of carbonyl (C=O) groups excluding carboxylic acids is 1. The first kappa shape index (κ1) is 16.8. The summed E-state index contributed by atoms with van der Waals surface area (Å²) in [5, 5.41) is 0.788. The predicted octanol–water partition coefficient (Wildman–Crippen LogP) is 4.01. The summed E-state index contributed by atoms with van der Waals surface area (Å²) in [5.41, 5.74) is 0.885. The number of rotatable bonds is 5. The zero-order valence-corrected chi connectivity index (χ0v) is 15.4. The summed E-state index contributed by atoms with van der Waals surface area (Å²) in [6, 6.07) is 5.88. The Bertz CT molecular complexity index is 748. The van der Waals surface area contributed by atoms with E-state index < -0.39 is 0 Å². The fourth-order valence-electron chi connectivity index (χ4n) is 3.78. The van der Waals surface area contributed by atoms with E-state index in [1.807, 2.05) is 23.1 Å². The van der Waals surface area contributed by atoms with Crippen LogP contribution in [-0.4, -0.2) is 37.3 Å². The Morgan fingerprint density at radius 2 is 2.16 bits per heavy atom. The number of nitrogens with zero attached hydrogens (tertiary/aromatic N) is 2. The van der Waals surface area contributed by atoms with Crippen molar-refractivity contribution in [1.82, 2.24) is 4.98 Å². The smallest absolute Gasteiger partial charge is 0.231 e. The summed E-state index contributed by atoms with van der Waals surface area (Å²) < 4.78 is 12.2. The molecule has 2 heterocycles. The van der Waals surface area contributed by atoms with E-state index in [0.717, 1.165) is 66.2 Å². The zero-order chi connectivity index (χ0) is 17.2. The third-order valence-corrected chi connectivity index (χ3v) is 6.25. The van der Waals surface area contributed by atoms with Gasteiger partial charge in [0.05, 0.1) is 30.0 Å². The number of fused-ring (bicyclic) bond motifs is 1. The number of carbonyl (C=O) groups is 1. The largest absolute Gasteiger partial charge is 0.497 e. The van der Waals surface area contributed by atoms with Crippen molar-refractivity contribution >= 4 is 32.6 Å². The Morgan fingerprint density at radius 3 is 2.88 bits per heavy atom. The van der Waals surface area contributed by atoms with Crippen molar-refractivity contribution in [2.45, 2.75) is 44.6 Å². The summed E-state index contributed by atoms with van der Waals surface area (Å²) in [6.45, 7) is 1.42. The highest BCUT2D eigenvalue weighted by Crippen LogP contribution is 2.35. The molecule has 1 amide bonds. The molecule has 2 fully saturated rings. The quantitative estimate of drug-likeness (QED) is 0.808. The number of thiazole rings is 1. The van der Waals surface area contributed by atoms with Crippen LogP contribution < -0.4 is 9.64 Å². The molecule has 2 aliphatic rings. The number of hydrogen-bond donors (Lipinski definition) is 0. The molecule has 0 bridgehead atoms.